The molecule has 40 heavy (non-hydrogen) atoms. The summed E-state index contributed by atoms with van der Waals surface area (Å²) in [5.41, 5.74) is 3.03. The molecule has 7 nitrogen and oxygen atoms in total. The molecule has 7 rings (SSSR count). The molecular weight excluding hydrogens is 512 g/mol. The van der Waals surface area contributed by atoms with E-state index in [1.54, 1.807) is 12.4 Å². The van der Waals surface area contributed by atoms with Crippen molar-refractivity contribution < 1.29 is 18.7 Å². The lowest BCUT2D eigenvalue weighted by Crippen LogP contribution is -2.39. The molecule has 0 radical (unpaired) electrons. The molecule has 2 N–H and O–H groups in total. The minimum Gasteiger partial charge on any atom is -0.393 e. The van der Waals surface area contributed by atoms with Crippen molar-refractivity contribution in [3.05, 3.63) is 95.7 Å². The molecule has 2 aliphatic rings. The summed E-state index contributed by atoms with van der Waals surface area (Å²) in [6, 6.07) is 12.4. The second-order valence-corrected chi connectivity index (χ2v) is 10.9. The fraction of sp³-hybridized carbons (Fsp3) is 0.290. The molecule has 0 bridgehead atoms. The number of aliphatic hydroxyl groups excluding tert-OH is 1. The number of halogens is 2. The molecule has 2 fully saturated rings. The second kappa shape index (κ2) is 9.45. The lowest BCUT2D eigenvalue weighted by Gasteiger charge is -2.26. The Bertz CT molecular complexity index is 1750. The SMILES string of the molecule is O=C(NC1CCC(O)CC1)c1c(F)cc(-c2cnc3ncc(C4(c5ccc6ncccc6c5)CC4)n3c2)cc1F. The standard InChI is InChI=1S/C31H27F2N5O2/c32-24-13-19(14-25(33)28(24)29(40)37-22-4-6-23(39)7-5-22)20-15-35-30-36-16-27(38(30)17-20)31(9-10-31)21-3-8-26-18(12-21)2-1-11-34-26/h1-3,8,11-17,22-23,39H,4-7,9-10H2,(H,37,40). The number of fused-ring (bicyclic) bond motifs is 2. The Morgan fingerprint density at radius 1 is 0.950 bits per heavy atom. The topological polar surface area (TPSA) is 92.4 Å². The molecule has 2 aromatic carbocycles. The fourth-order valence-corrected chi connectivity index (χ4v) is 6.00. The van der Waals surface area contributed by atoms with Gasteiger partial charge in [-0.05, 0) is 80.0 Å². The van der Waals surface area contributed by atoms with Gasteiger partial charge in [-0.3, -0.25) is 14.2 Å². The molecule has 0 aliphatic heterocycles. The number of aliphatic hydroxyl groups is 1. The Hall–Kier alpha value is -4.24. The molecule has 0 atom stereocenters. The number of nitrogens with one attached hydrogen (secondary N) is 1. The van der Waals surface area contributed by atoms with Crippen molar-refractivity contribution in [3.8, 4) is 11.1 Å². The Labute approximate surface area is 228 Å². The third kappa shape index (κ3) is 4.21. The van der Waals surface area contributed by atoms with Gasteiger partial charge in [0.25, 0.3) is 5.91 Å². The van der Waals surface area contributed by atoms with Gasteiger partial charge in [-0.1, -0.05) is 12.1 Å². The molecule has 1 amide bonds. The minimum atomic E-state index is -0.933. The zero-order chi connectivity index (χ0) is 27.4. The van der Waals surface area contributed by atoms with Crippen molar-refractivity contribution in [2.24, 2.45) is 0 Å². The summed E-state index contributed by atoms with van der Waals surface area (Å²) >= 11 is 0. The van der Waals surface area contributed by atoms with Crippen LogP contribution in [0.15, 0.2) is 67.3 Å². The second-order valence-electron chi connectivity index (χ2n) is 10.9. The maximum atomic E-state index is 15.2. The van der Waals surface area contributed by atoms with Gasteiger partial charge in [-0.2, -0.15) is 0 Å². The van der Waals surface area contributed by atoms with Gasteiger partial charge in [-0.25, -0.2) is 18.7 Å². The number of hydrogen-bond acceptors (Lipinski definition) is 5. The van der Waals surface area contributed by atoms with Crippen LogP contribution in [-0.2, 0) is 5.41 Å². The molecule has 0 saturated heterocycles. The van der Waals surface area contributed by atoms with Crippen LogP contribution in [0.1, 0.15) is 60.1 Å². The molecule has 5 aromatic rings. The maximum Gasteiger partial charge on any atom is 0.257 e. The van der Waals surface area contributed by atoms with E-state index in [9.17, 15) is 9.90 Å². The van der Waals surface area contributed by atoms with Crippen LogP contribution in [0, 0.1) is 11.6 Å². The van der Waals surface area contributed by atoms with Crippen LogP contribution in [0.4, 0.5) is 8.78 Å². The number of hydrogen-bond donors (Lipinski definition) is 2. The number of rotatable bonds is 5. The first kappa shape index (κ1) is 24.8. The number of pyridine rings is 1. The zero-order valence-corrected chi connectivity index (χ0v) is 21.6. The normalized spacial score (nSPS) is 20.1. The van der Waals surface area contributed by atoms with Crippen molar-refractivity contribution in [2.75, 3.05) is 0 Å². The lowest BCUT2D eigenvalue weighted by atomic mass is 9.91. The predicted molar refractivity (Wildman–Crippen MR) is 146 cm³/mol. The third-order valence-corrected chi connectivity index (χ3v) is 8.39. The summed E-state index contributed by atoms with van der Waals surface area (Å²) in [6.45, 7) is 0. The van der Waals surface area contributed by atoms with Crippen molar-refractivity contribution in [2.45, 2.75) is 56.1 Å². The fourth-order valence-electron chi connectivity index (χ4n) is 6.00. The van der Waals surface area contributed by atoms with E-state index in [0.29, 0.717) is 37.0 Å². The first-order chi connectivity index (χ1) is 19.4. The van der Waals surface area contributed by atoms with E-state index in [0.717, 1.165) is 29.4 Å². The highest BCUT2D eigenvalue weighted by atomic mass is 19.1. The Morgan fingerprint density at radius 2 is 1.70 bits per heavy atom. The maximum absolute atomic E-state index is 15.2. The summed E-state index contributed by atoms with van der Waals surface area (Å²) in [6.07, 6.45) is 10.7. The Kier molecular flexibility index (Phi) is 5.85. The highest BCUT2D eigenvalue weighted by Crippen LogP contribution is 2.53. The van der Waals surface area contributed by atoms with E-state index < -0.39 is 23.1 Å². The summed E-state index contributed by atoms with van der Waals surface area (Å²) in [5.74, 6) is -2.15. The molecular formula is C31H27F2N5O2. The van der Waals surface area contributed by atoms with Crippen LogP contribution >= 0.6 is 0 Å². The average Bonchev–Trinajstić information content (AvgIpc) is 3.65. The van der Waals surface area contributed by atoms with Crippen molar-refractivity contribution in [1.82, 2.24) is 24.7 Å². The predicted octanol–water partition coefficient (Wildman–Crippen LogP) is 5.34. The summed E-state index contributed by atoms with van der Waals surface area (Å²) in [5, 5.41) is 13.5. The minimum absolute atomic E-state index is 0.214. The molecule has 2 saturated carbocycles. The molecule has 9 heteroatoms. The smallest absolute Gasteiger partial charge is 0.257 e. The average molecular weight is 540 g/mol. The van der Waals surface area contributed by atoms with E-state index in [4.69, 9.17) is 0 Å². The quantitative estimate of drug-likeness (QED) is 0.315. The number of carbonyl (C=O) groups excluding carboxylic acids is 1. The number of nitrogens with zero attached hydrogens (tertiary/aromatic N) is 4. The number of amides is 1. The Balaban J connectivity index is 1.21. The van der Waals surface area contributed by atoms with Gasteiger partial charge in [0.05, 0.1) is 23.5 Å². The summed E-state index contributed by atoms with van der Waals surface area (Å²) < 4.78 is 32.2. The van der Waals surface area contributed by atoms with Crippen molar-refractivity contribution in [1.29, 1.82) is 0 Å². The van der Waals surface area contributed by atoms with Gasteiger partial charge < -0.3 is 10.4 Å². The first-order valence-corrected chi connectivity index (χ1v) is 13.6. The first-order valence-electron chi connectivity index (χ1n) is 13.6. The summed E-state index contributed by atoms with van der Waals surface area (Å²) in [4.78, 5) is 26.1. The number of imidazole rings is 1. The van der Waals surface area contributed by atoms with Gasteiger partial charge >= 0.3 is 0 Å². The van der Waals surface area contributed by atoms with Crippen LogP contribution < -0.4 is 5.32 Å². The Morgan fingerprint density at radius 3 is 2.45 bits per heavy atom. The van der Waals surface area contributed by atoms with Crippen LogP contribution in [0.3, 0.4) is 0 Å². The van der Waals surface area contributed by atoms with Crippen LogP contribution in [0.5, 0.6) is 0 Å². The van der Waals surface area contributed by atoms with Crippen molar-refractivity contribution >= 4 is 22.6 Å². The molecule has 3 heterocycles. The highest BCUT2D eigenvalue weighted by molar-refractivity contribution is 5.95. The number of aromatic nitrogens is 4. The lowest BCUT2D eigenvalue weighted by molar-refractivity contribution is 0.0860. The number of carbonyl (C=O) groups is 1. The summed E-state index contributed by atoms with van der Waals surface area (Å²) in [7, 11) is 0. The third-order valence-electron chi connectivity index (χ3n) is 8.39. The van der Waals surface area contributed by atoms with Gasteiger partial charge in [0.2, 0.25) is 5.78 Å². The van der Waals surface area contributed by atoms with E-state index in [1.165, 1.54) is 23.9 Å². The van der Waals surface area contributed by atoms with Gasteiger partial charge in [0, 0.05) is 41.0 Å². The number of benzene rings is 2. The molecule has 2 aliphatic carbocycles. The van der Waals surface area contributed by atoms with Crippen LogP contribution in [-0.4, -0.2) is 42.5 Å². The van der Waals surface area contributed by atoms with Crippen LogP contribution in [0.2, 0.25) is 0 Å². The monoisotopic (exact) mass is 539 g/mol. The highest BCUT2D eigenvalue weighted by Gasteiger charge is 2.48. The largest absolute Gasteiger partial charge is 0.393 e. The van der Waals surface area contributed by atoms with Gasteiger partial charge in [0.15, 0.2) is 0 Å². The molecule has 202 valence electrons. The van der Waals surface area contributed by atoms with E-state index in [2.05, 4.69) is 32.4 Å². The van der Waals surface area contributed by atoms with E-state index in [1.807, 2.05) is 28.8 Å². The molecule has 0 spiro atoms. The molecule has 0 unspecified atom stereocenters. The molecule has 3 aromatic heterocycles. The van der Waals surface area contributed by atoms with Crippen LogP contribution in [0.25, 0.3) is 27.8 Å². The zero-order valence-electron chi connectivity index (χ0n) is 21.6. The van der Waals surface area contributed by atoms with E-state index in [-0.39, 0.29) is 23.1 Å². The van der Waals surface area contributed by atoms with Gasteiger partial charge in [0.1, 0.15) is 17.2 Å². The van der Waals surface area contributed by atoms with E-state index >= 15 is 8.78 Å². The van der Waals surface area contributed by atoms with Gasteiger partial charge in [-0.15, -0.1) is 0 Å². The van der Waals surface area contributed by atoms with Crippen molar-refractivity contribution in [3.63, 3.8) is 0 Å².